The molecule has 0 bridgehead atoms. The number of carbonyl (C=O) groups excluding carboxylic acids is 2. The monoisotopic (exact) mass is 354 g/mol. The maximum atomic E-state index is 13.6. The molecule has 0 aliphatic carbocycles. The van der Waals surface area contributed by atoms with Crippen molar-refractivity contribution in [1.29, 1.82) is 0 Å². The molecule has 0 fully saturated rings. The molecule has 2 aromatic carbocycles. The minimum atomic E-state index is -0.841. The number of unbranched alkanes of at least 4 members (excludes halogenated alkanes) is 1. The molecule has 3 aromatic rings. The summed E-state index contributed by atoms with van der Waals surface area (Å²) in [4.78, 5) is 24.2. The molecule has 134 valence electrons. The summed E-state index contributed by atoms with van der Waals surface area (Å²) >= 11 is 0. The predicted octanol–water partition coefficient (Wildman–Crippen LogP) is 4.27. The number of primary amides is 1. The minimum Gasteiger partial charge on any atom is -0.449 e. The maximum Gasteiger partial charge on any atom is 0.286 e. The summed E-state index contributed by atoms with van der Waals surface area (Å²) in [5, 5.41) is 2.90. The second kappa shape index (κ2) is 7.39. The van der Waals surface area contributed by atoms with E-state index in [1.165, 1.54) is 18.2 Å². The Bertz CT molecular complexity index is 961. The summed E-state index contributed by atoms with van der Waals surface area (Å²) in [5.41, 5.74) is 7.24. The molecule has 0 saturated carbocycles. The number of amides is 2. The average molecular weight is 354 g/mol. The second-order valence-corrected chi connectivity index (χ2v) is 6.07. The van der Waals surface area contributed by atoms with Gasteiger partial charge in [0.15, 0.2) is 0 Å². The Balaban J connectivity index is 1.90. The molecule has 1 aromatic heterocycles. The van der Waals surface area contributed by atoms with Gasteiger partial charge in [0.1, 0.15) is 17.1 Å². The molecule has 5 nitrogen and oxygen atoms in total. The van der Waals surface area contributed by atoms with Crippen molar-refractivity contribution in [2.75, 3.05) is 5.32 Å². The van der Waals surface area contributed by atoms with Crippen LogP contribution in [0.2, 0.25) is 0 Å². The number of nitrogens with two attached hydrogens (primary N) is 1. The van der Waals surface area contributed by atoms with Crippen LogP contribution in [0.1, 0.15) is 46.2 Å². The first-order valence-electron chi connectivity index (χ1n) is 8.41. The van der Waals surface area contributed by atoms with Crippen LogP contribution in [0.3, 0.4) is 0 Å². The number of halogens is 1. The van der Waals surface area contributed by atoms with Crippen molar-refractivity contribution in [3.63, 3.8) is 0 Å². The number of fused-ring (bicyclic) bond motifs is 1. The Morgan fingerprint density at radius 3 is 2.54 bits per heavy atom. The molecule has 6 heteroatoms. The molecular weight excluding hydrogens is 335 g/mol. The fourth-order valence-electron chi connectivity index (χ4n) is 2.76. The van der Waals surface area contributed by atoms with Gasteiger partial charge in [-0.2, -0.15) is 0 Å². The number of hydrogen-bond donors (Lipinski definition) is 2. The predicted molar refractivity (Wildman–Crippen MR) is 97.7 cm³/mol. The van der Waals surface area contributed by atoms with Gasteiger partial charge >= 0.3 is 0 Å². The number of benzene rings is 2. The highest BCUT2D eigenvalue weighted by Gasteiger charge is 2.21. The highest BCUT2D eigenvalue weighted by molar-refractivity contribution is 6.14. The van der Waals surface area contributed by atoms with Gasteiger partial charge in [-0.05, 0) is 48.7 Å². The Labute approximate surface area is 150 Å². The van der Waals surface area contributed by atoms with E-state index >= 15 is 0 Å². The summed E-state index contributed by atoms with van der Waals surface area (Å²) < 4.78 is 18.9. The van der Waals surface area contributed by atoms with Gasteiger partial charge in [-0.1, -0.05) is 25.5 Å². The van der Waals surface area contributed by atoms with E-state index in [0.717, 1.165) is 24.8 Å². The van der Waals surface area contributed by atoms with Crippen LogP contribution in [0.25, 0.3) is 11.0 Å². The molecule has 0 spiro atoms. The molecule has 2 amide bonds. The Hall–Kier alpha value is -3.15. The first-order valence-corrected chi connectivity index (χ1v) is 8.41. The Kier molecular flexibility index (Phi) is 5.02. The number of aryl methyl sites for hydroxylation is 1. The fraction of sp³-hybridized carbons (Fsp3) is 0.200. The number of hydrogen-bond acceptors (Lipinski definition) is 3. The molecule has 0 aliphatic heterocycles. The van der Waals surface area contributed by atoms with Gasteiger partial charge in [0, 0.05) is 10.9 Å². The van der Waals surface area contributed by atoms with E-state index < -0.39 is 17.6 Å². The maximum absolute atomic E-state index is 13.6. The number of anilines is 1. The summed E-state index contributed by atoms with van der Waals surface area (Å²) in [5.74, 6) is -1.99. The first kappa shape index (κ1) is 17.7. The van der Waals surface area contributed by atoms with Crippen LogP contribution in [0, 0.1) is 5.82 Å². The van der Waals surface area contributed by atoms with Gasteiger partial charge in [0.2, 0.25) is 5.76 Å². The molecule has 0 saturated heterocycles. The van der Waals surface area contributed by atoms with Crippen LogP contribution in [-0.2, 0) is 6.42 Å². The zero-order valence-electron chi connectivity index (χ0n) is 14.3. The van der Waals surface area contributed by atoms with Gasteiger partial charge in [0.25, 0.3) is 11.8 Å². The molecule has 26 heavy (non-hydrogen) atoms. The molecule has 0 aliphatic rings. The van der Waals surface area contributed by atoms with Crippen LogP contribution in [-0.4, -0.2) is 11.8 Å². The normalized spacial score (nSPS) is 10.8. The van der Waals surface area contributed by atoms with Crippen molar-refractivity contribution in [3.8, 4) is 0 Å². The third kappa shape index (κ3) is 3.59. The summed E-state index contributed by atoms with van der Waals surface area (Å²) in [6.07, 6.45) is 3.14. The van der Waals surface area contributed by atoms with Gasteiger partial charge in [-0.15, -0.1) is 0 Å². The Morgan fingerprint density at radius 2 is 1.88 bits per heavy atom. The SMILES string of the molecule is CCCCc1ccc(C(=O)Nc2c(C(N)=O)oc3ccc(F)cc23)cc1. The van der Waals surface area contributed by atoms with Crippen molar-refractivity contribution in [1.82, 2.24) is 0 Å². The third-order valence-electron chi connectivity index (χ3n) is 4.15. The lowest BCUT2D eigenvalue weighted by Gasteiger charge is -2.06. The van der Waals surface area contributed by atoms with Crippen molar-refractivity contribution < 1.29 is 18.4 Å². The number of nitrogens with one attached hydrogen (secondary N) is 1. The van der Waals surface area contributed by atoms with Crippen LogP contribution in [0.4, 0.5) is 10.1 Å². The molecule has 1 heterocycles. The lowest BCUT2D eigenvalue weighted by Crippen LogP contribution is -2.17. The number of rotatable bonds is 6. The lowest BCUT2D eigenvalue weighted by atomic mass is 10.1. The zero-order valence-corrected chi connectivity index (χ0v) is 14.3. The van der Waals surface area contributed by atoms with E-state index in [0.29, 0.717) is 5.56 Å². The minimum absolute atomic E-state index is 0.0760. The van der Waals surface area contributed by atoms with Crippen molar-refractivity contribution in [2.24, 2.45) is 5.73 Å². The van der Waals surface area contributed by atoms with Crippen LogP contribution < -0.4 is 11.1 Å². The van der Waals surface area contributed by atoms with E-state index in [1.807, 2.05) is 12.1 Å². The van der Waals surface area contributed by atoms with Crippen molar-refractivity contribution >= 4 is 28.5 Å². The topological polar surface area (TPSA) is 85.3 Å². The average Bonchev–Trinajstić information content (AvgIpc) is 2.98. The standard InChI is InChI=1S/C20H19FN2O3/c1-2-3-4-12-5-7-13(8-6-12)20(25)23-17-15-11-14(21)9-10-16(15)26-18(17)19(22)24/h5-11H,2-4H2,1H3,(H2,22,24)(H,23,25). The van der Waals surface area contributed by atoms with E-state index in [9.17, 15) is 14.0 Å². The van der Waals surface area contributed by atoms with Crippen LogP contribution >= 0.6 is 0 Å². The molecule has 3 rings (SSSR count). The van der Waals surface area contributed by atoms with Gasteiger partial charge in [0.05, 0.1) is 0 Å². The molecule has 0 radical (unpaired) electrons. The first-order chi connectivity index (χ1) is 12.5. The van der Waals surface area contributed by atoms with Crippen LogP contribution in [0.15, 0.2) is 46.9 Å². The largest absolute Gasteiger partial charge is 0.449 e. The lowest BCUT2D eigenvalue weighted by molar-refractivity contribution is 0.0977. The van der Waals surface area contributed by atoms with Gasteiger partial charge < -0.3 is 15.5 Å². The summed E-state index contributed by atoms with van der Waals surface area (Å²) in [6, 6.07) is 11.0. The van der Waals surface area contributed by atoms with E-state index in [1.54, 1.807) is 12.1 Å². The van der Waals surface area contributed by atoms with E-state index in [4.69, 9.17) is 10.2 Å². The molecule has 0 atom stereocenters. The fourth-order valence-corrected chi connectivity index (χ4v) is 2.76. The molecule has 3 N–H and O–H groups in total. The van der Waals surface area contributed by atoms with E-state index in [2.05, 4.69) is 12.2 Å². The second-order valence-electron chi connectivity index (χ2n) is 6.07. The summed E-state index contributed by atoms with van der Waals surface area (Å²) in [7, 11) is 0. The number of furan rings is 1. The zero-order chi connectivity index (χ0) is 18.7. The van der Waals surface area contributed by atoms with Crippen molar-refractivity contribution in [2.45, 2.75) is 26.2 Å². The van der Waals surface area contributed by atoms with Crippen molar-refractivity contribution in [3.05, 3.63) is 65.2 Å². The quantitative estimate of drug-likeness (QED) is 0.693. The van der Waals surface area contributed by atoms with Gasteiger partial charge in [-0.25, -0.2) is 4.39 Å². The molecule has 0 unspecified atom stereocenters. The highest BCUT2D eigenvalue weighted by Crippen LogP contribution is 2.31. The molecular formula is C20H19FN2O3. The number of carbonyl (C=O) groups is 2. The smallest absolute Gasteiger partial charge is 0.286 e. The van der Waals surface area contributed by atoms with Gasteiger partial charge in [-0.3, -0.25) is 9.59 Å². The van der Waals surface area contributed by atoms with E-state index in [-0.39, 0.29) is 22.4 Å². The Morgan fingerprint density at radius 1 is 1.15 bits per heavy atom. The third-order valence-corrected chi connectivity index (χ3v) is 4.15. The van der Waals surface area contributed by atoms with Crippen LogP contribution in [0.5, 0.6) is 0 Å². The summed E-state index contributed by atoms with van der Waals surface area (Å²) in [6.45, 7) is 2.12. The highest BCUT2D eigenvalue weighted by atomic mass is 19.1.